The van der Waals surface area contributed by atoms with Crippen LogP contribution in [0.2, 0.25) is 0 Å². The molecular formula is C21H22N2O3S2. The molecule has 0 aliphatic heterocycles. The van der Waals surface area contributed by atoms with E-state index in [1.54, 1.807) is 41.8 Å². The van der Waals surface area contributed by atoms with Gasteiger partial charge < -0.3 is 5.32 Å². The number of thiophene rings is 1. The SMILES string of the molecule is CCC(NC(=O)c1ccc(NS(=O)(=O)c2cccs2)cc1)c1ccccc1C. The maximum absolute atomic E-state index is 12.6. The van der Waals surface area contributed by atoms with Crippen LogP contribution in [0.1, 0.15) is 40.9 Å². The van der Waals surface area contributed by atoms with Crippen molar-refractivity contribution in [3.8, 4) is 0 Å². The first-order valence-electron chi connectivity index (χ1n) is 8.93. The minimum absolute atomic E-state index is 0.0780. The molecule has 2 aromatic carbocycles. The molecule has 1 aromatic heterocycles. The molecule has 1 heterocycles. The maximum atomic E-state index is 12.6. The van der Waals surface area contributed by atoms with E-state index in [1.807, 2.05) is 38.1 Å². The van der Waals surface area contributed by atoms with Gasteiger partial charge in [-0.05, 0) is 60.2 Å². The zero-order valence-corrected chi connectivity index (χ0v) is 17.3. The van der Waals surface area contributed by atoms with Gasteiger partial charge in [-0.2, -0.15) is 0 Å². The third-order valence-electron chi connectivity index (χ3n) is 4.44. The van der Waals surface area contributed by atoms with Crippen molar-refractivity contribution in [3.05, 3.63) is 82.7 Å². The molecule has 3 rings (SSSR count). The van der Waals surface area contributed by atoms with Crippen molar-refractivity contribution in [2.75, 3.05) is 4.72 Å². The van der Waals surface area contributed by atoms with Crippen molar-refractivity contribution in [2.45, 2.75) is 30.5 Å². The van der Waals surface area contributed by atoms with Crippen molar-refractivity contribution in [3.63, 3.8) is 0 Å². The molecule has 0 aliphatic rings. The number of anilines is 1. The van der Waals surface area contributed by atoms with E-state index in [0.29, 0.717) is 11.3 Å². The van der Waals surface area contributed by atoms with Crippen LogP contribution in [-0.4, -0.2) is 14.3 Å². The molecular weight excluding hydrogens is 392 g/mol. The third-order valence-corrected chi connectivity index (χ3v) is 7.22. The Morgan fingerprint density at radius 3 is 2.36 bits per heavy atom. The van der Waals surface area contributed by atoms with Crippen LogP contribution in [-0.2, 0) is 10.0 Å². The van der Waals surface area contributed by atoms with Crippen LogP contribution in [0.15, 0.2) is 70.3 Å². The summed E-state index contributed by atoms with van der Waals surface area (Å²) in [6, 6.07) is 17.6. The third kappa shape index (κ3) is 4.61. The van der Waals surface area contributed by atoms with Gasteiger partial charge in [-0.25, -0.2) is 8.42 Å². The number of nitrogens with one attached hydrogen (secondary N) is 2. The normalized spacial score (nSPS) is 12.4. The Hall–Kier alpha value is -2.64. The van der Waals surface area contributed by atoms with E-state index in [0.717, 1.165) is 28.9 Å². The number of rotatable bonds is 7. The molecule has 0 aliphatic carbocycles. The lowest BCUT2D eigenvalue weighted by Crippen LogP contribution is -2.28. The summed E-state index contributed by atoms with van der Waals surface area (Å²) >= 11 is 1.15. The predicted molar refractivity (Wildman–Crippen MR) is 113 cm³/mol. The largest absolute Gasteiger partial charge is 0.345 e. The molecule has 28 heavy (non-hydrogen) atoms. The quantitative estimate of drug-likeness (QED) is 0.586. The summed E-state index contributed by atoms with van der Waals surface area (Å²) in [4.78, 5) is 12.6. The molecule has 0 radical (unpaired) electrons. The molecule has 7 heteroatoms. The monoisotopic (exact) mass is 414 g/mol. The second kappa shape index (κ2) is 8.58. The summed E-state index contributed by atoms with van der Waals surface area (Å²) < 4.78 is 27.3. The molecule has 1 amide bonds. The Morgan fingerprint density at radius 1 is 1.04 bits per heavy atom. The molecule has 1 atom stereocenters. The number of sulfonamides is 1. The van der Waals surface area contributed by atoms with E-state index in [9.17, 15) is 13.2 Å². The van der Waals surface area contributed by atoms with E-state index in [4.69, 9.17) is 0 Å². The van der Waals surface area contributed by atoms with Gasteiger partial charge >= 0.3 is 0 Å². The second-order valence-corrected chi connectivity index (χ2v) is 9.26. The number of benzene rings is 2. The molecule has 146 valence electrons. The number of amides is 1. The minimum Gasteiger partial charge on any atom is -0.345 e. The first kappa shape index (κ1) is 20.1. The number of hydrogen-bond acceptors (Lipinski definition) is 4. The summed E-state index contributed by atoms with van der Waals surface area (Å²) in [5.74, 6) is -0.192. The van der Waals surface area contributed by atoms with Gasteiger partial charge in [0.1, 0.15) is 4.21 Å². The maximum Gasteiger partial charge on any atom is 0.271 e. The van der Waals surface area contributed by atoms with Crippen molar-refractivity contribution in [1.29, 1.82) is 0 Å². The highest BCUT2D eigenvalue weighted by Gasteiger charge is 2.17. The molecule has 0 spiro atoms. The molecule has 0 fully saturated rings. The van der Waals surface area contributed by atoms with Crippen LogP contribution in [0.5, 0.6) is 0 Å². The second-order valence-electron chi connectivity index (χ2n) is 6.41. The lowest BCUT2D eigenvalue weighted by atomic mass is 9.99. The number of carbonyl (C=O) groups is 1. The summed E-state index contributed by atoms with van der Waals surface area (Å²) in [5, 5.41) is 4.76. The number of hydrogen-bond donors (Lipinski definition) is 2. The average molecular weight is 415 g/mol. The van der Waals surface area contributed by atoms with E-state index >= 15 is 0 Å². The summed E-state index contributed by atoms with van der Waals surface area (Å²) in [6.45, 7) is 4.05. The van der Waals surface area contributed by atoms with Crippen molar-refractivity contribution >= 4 is 33.0 Å². The molecule has 5 nitrogen and oxygen atoms in total. The van der Waals surface area contributed by atoms with Gasteiger partial charge in [0.25, 0.3) is 15.9 Å². The summed E-state index contributed by atoms with van der Waals surface area (Å²) in [5.41, 5.74) is 3.12. The van der Waals surface area contributed by atoms with Crippen LogP contribution >= 0.6 is 11.3 Å². The Morgan fingerprint density at radius 2 is 1.75 bits per heavy atom. The molecule has 0 bridgehead atoms. The van der Waals surface area contributed by atoms with Crippen molar-refractivity contribution in [1.82, 2.24) is 5.32 Å². The topological polar surface area (TPSA) is 75.3 Å². The van der Waals surface area contributed by atoms with Gasteiger partial charge in [-0.3, -0.25) is 9.52 Å². The summed E-state index contributed by atoms with van der Waals surface area (Å²) in [7, 11) is -3.60. The molecule has 0 saturated heterocycles. The van der Waals surface area contributed by atoms with Crippen molar-refractivity contribution in [2.24, 2.45) is 0 Å². The molecule has 0 saturated carbocycles. The Labute approximate surface area is 169 Å². The number of carbonyl (C=O) groups excluding carboxylic acids is 1. The highest BCUT2D eigenvalue weighted by Crippen LogP contribution is 2.22. The lowest BCUT2D eigenvalue weighted by Gasteiger charge is -2.19. The molecule has 3 aromatic rings. The van der Waals surface area contributed by atoms with Gasteiger partial charge in [0.2, 0.25) is 0 Å². The van der Waals surface area contributed by atoms with E-state index in [1.165, 1.54) is 0 Å². The highest BCUT2D eigenvalue weighted by molar-refractivity contribution is 7.94. The molecule has 2 N–H and O–H groups in total. The van der Waals surface area contributed by atoms with Gasteiger partial charge in [-0.1, -0.05) is 37.3 Å². The molecule has 1 unspecified atom stereocenters. The van der Waals surface area contributed by atoms with Crippen LogP contribution in [0.25, 0.3) is 0 Å². The Bertz CT molecular complexity index is 1040. The van der Waals surface area contributed by atoms with E-state index in [-0.39, 0.29) is 16.2 Å². The summed E-state index contributed by atoms with van der Waals surface area (Å²) in [6.07, 6.45) is 0.773. The zero-order chi connectivity index (χ0) is 20.1. The fourth-order valence-electron chi connectivity index (χ4n) is 2.93. The lowest BCUT2D eigenvalue weighted by molar-refractivity contribution is 0.0935. The van der Waals surface area contributed by atoms with Crippen LogP contribution < -0.4 is 10.0 Å². The standard InChI is InChI=1S/C21H22N2O3S2/c1-3-19(18-8-5-4-7-15(18)2)22-21(24)16-10-12-17(13-11-16)23-28(25,26)20-9-6-14-27-20/h4-14,19,23H,3H2,1-2H3,(H,22,24). The van der Waals surface area contributed by atoms with Gasteiger partial charge in [0, 0.05) is 11.3 Å². The van der Waals surface area contributed by atoms with Crippen LogP contribution in [0.3, 0.4) is 0 Å². The Kier molecular flexibility index (Phi) is 6.16. The van der Waals surface area contributed by atoms with Crippen LogP contribution in [0, 0.1) is 6.92 Å². The first-order valence-corrected chi connectivity index (χ1v) is 11.3. The smallest absolute Gasteiger partial charge is 0.271 e. The fraction of sp³-hybridized carbons (Fsp3) is 0.190. The Balaban J connectivity index is 1.71. The fourth-order valence-corrected chi connectivity index (χ4v) is 4.98. The van der Waals surface area contributed by atoms with Gasteiger partial charge in [0.15, 0.2) is 0 Å². The van der Waals surface area contributed by atoms with Crippen molar-refractivity contribution < 1.29 is 13.2 Å². The van der Waals surface area contributed by atoms with Crippen LogP contribution in [0.4, 0.5) is 5.69 Å². The number of aryl methyl sites for hydroxylation is 1. The van der Waals surface area contributed by atoms with Gasteiger partial charge in [0.05, 0.1) is 6.04 Å². The predicted octanol–water partition coefficient (Wildman–Crippen LogP) is 4.74. The highest BCUT2D eigenvalue weighted by atomic mass is 32.2. The minimum atomic E-state index is -3.60. The van der Waals surface area contributed by atoms with Gasteiger partial charge in [-0.15, -0.1) is 11.3 Å². The van der Waals surface area contributed by atoms with E-state index in [2.05, 4.69) is 10.0 Å². The average Bonchev–Trinajstić information content (AvgIpc) is 3.23. The zero-order valence-electron chi connectivity index (χ0n) is 15.7. The van der Waals surface area contributed by atoms with E-state index < -0.39 is 10.0 Å². The first-order chi connectivity index (χ1) is 13.4.